The topological polar surface area (TPSA) is 85.4 Å². The van der Waals surface area contributed by atoms with E-state index in [0.717, 1.165) is 21.3 Å². The summed E-state index contributed by atoms with van der Waals surface area (Å²) in [5, 5.41) is 6.72. The van der Waals surface area contributed by atoms with Crippen LogP contribution in [0.1, 0.15) is 18.9 Å². The SMILES string of the molecule is Nc1n[nH]c(-c2nc3cc(Br)ccc3n2C2CC2)n1. The van der Waals surface area contributed by atoms with Crippen molar-refractivity contribution < 1.29 is 0 Å². The van der Waals surface area contributed by atoms with E-state index in [4.69, 9.17) is 5.73 Å². The Hall–Kier alpha value is -1.89. The summed E-state index contributed by atoms with van der Waals surface area (Å²) < 4.78 is 3.24. The Morgan fingerprint density at radius 1 is 1.32 bits per heavy atom. The van der Waals surface area contributed by atoms with E-state index in [0.29, 0.717) is 11.9 Å². The number of nitrogens with two attached hydrogens (primary N) is 1. The number of aromatic nitrogens is 5. The van der Waals surface area contributed by atoms with E-state index in [-0.39, 0.29) is 5.95 Å². The first-order valence-corrected chi connectivity index (χ1v) is 6.87. The number of H-pyrrole nitrogens is 1. The third kappa shape index (κ3) is 1.73. The fourth-order valence-electron chi connectivity index (χ4n) is 2.32. The van der Waals surface area contributed by atoms with E-state index < -0.39 is 0 Å². The number of hydrogen-bond acceptors (Lipinski definition) is 4. The Morgan fingerprint density at radius 2 is 2.16 bits per heavy atom. The highest BCUT2D eigenvalue weighted by Gasteiger charge is 2.29. The van der Waals surface area contributed by atoms with Crippen LogP contribution < -0.4 is 5.73 Å². The van der Waals surface area contributed by atoms with Crippen LogP contribution in [0, 0.1) is 0 Å². The number of nitrogens with one attached hydrogen (secondary N) is 1. The molecule has 6 nitrogen and oxygen atoms in total. The molecule has 0 amide bonds. The average molecular weight is 319 g/mol. The number of nitrogen functional groups attached to an aromatic ring is 1. The molecule has 1 aliphatic carbocycles. The lowest BCUT2D eigenvalue weighted by molar-refractivity contribution is 0.769. The van der Waals surface area contributed by atoms with Gasteiger partial charge in [-0.1, -0.05) is 15.9 Å². The Bertz CT molecular complexity index is 770. The van der Waals surface area contributed by atoms with Crippen molar-refractivity contribution in [3.05, 3.63) is 22.7 Å². The maximum atomic E-state index is 5.58. The molecule has 4 rings (SSSR count). The third-order valence-corrected chi connectivity index (χ3v) is 3.77. The van der Waals surface area contributed by atoms with Gasteiger partial charge >= 0.3 is 0 Å². The van der Waals surface area contributed by atoms with Gasteiger partial charge in [-0.05, 0) is 31.0 Å². The Kier molecular flexibility index (Phi) is 2.20. The standard InChI is InChI=1S/C12H11BrN6/c13-6-1-4-9-8(5-6)15-11(19(9)7-2-3-7)10-16-12(14)18-17-10/h1,4-5,7H,2-3H2,(H3,14,16,17,18). The fraction of sp³-hybridized carbons (Fsp3) is 0.250. The van der Waals surface area contributed by atoms with E-state index in [1.807, 2.05) is 12.1 Å². The van der Waals surface area contributed by atoms with Crippen molar-refractivity contribution in [2.75, 3.05) is 5.73 Å². The van der Waals surface area contributed by atoms with Crippen LogP contribution in [0.2, 0.25) is 0 Å². The molecule has 96 valence electrons. The lowest BCUT2D eigenvalue weighted by atomic mass is 10.3. The van der Waals surface area contributed by atoms with Gasteiger partial charge in [-0.25, -0.2) is 4.98 Å². The lowest BCUT2D eigenvalue weighted by Gasteiger charge is -2.04. The molecule has 1 saturated carbocycles. The van der Waals surface area contributed by atoms with Crippen molar-refractivity contribution in [3.8, 4) is 11.6 Å². The van der Waals surface area contributed by atoms with Gasteiger partial charge in [-0.2, -0.15) is 4.98 Å². The smallest absolute Gasteiger partial charge is 0.239 e. The zero-order valence-corrected chi connectivity index (χ0v) is 11.6. The van der Waals surface area contributed by atoms with Crippen molar-refractivity contribution in [3.63, 3.8) is 0 Å². The molecule has 0 spiro atoms. The Morgan fingerprint density at radius 3 is 2.84 bits per heavy atom. The number of hydrogen-bond donors (Lipinski definition) is 2. The average Bonchev–Trinajstić information content (AvgIpc) is 3.02. The molecule has 19 heavy (non-hydrogen) atoms. The van der Waals surface area contributed by atoms with Crippen LogP contribution in [0.25, 0.3) is 22.7 Å². The summed E-state index contributed by atoms with van der Waals surface area (Å²) in [5.41, 5.74) is 7.65. The molecule has 0 unspecified atom stereocenters. The number of anilines is 1. The predicted molar refractivity (Wildman–Crippen MR) is 75.5 cm³/mol. The zero-order valence-electron chi connectivity index (χ0n) is 9.97. The van der Waals surface area contributed by atoms with Gasteiger partial charge < -0.3 is 10.3 Å². The van der Waals surface area contributed by atoms with Gasteiger partial charge in [0.15, 0.2) is 11.6 Å². The van der Waals surface area contributed by atoms with Gasteiger partial charge in [-0.15, -0.1) is 5.10 Å². The second kappa shape index (κ2) is 3.80. The van der Waals surface area contributed by atoms with Gasteiger partial charge in [0.1, 0.15) is 0 Å². The Balaban J connectivity index is 2.01. The molecule has 0 radical (unpaired) electrons. The number of benzene rings is 1. The van der Waals surface area contributed by atoms with E-state index in [1.165, 1.54) is 12.8 Å². The monoisotopic (exact) mass is 318 g/mol. The molecule has 3 aromatic rings. The highest BCUT2D eigenvalue weighted by atomic mass is 79.9. The number of nitrogens with zero attached hydrogens (tertiary/aromatic N) is 4. The largest absolute Gasteiger partial charge is 0.366 e. The number of fused-ring (bicyclic) bond motifs is 1. The second-order valence-corrected chi connectivity index (χ2v) is 5.63. The first-order chi connectivity index (χ1) is 9.22. The summed E-state index contributed by atoms with van der Waals surface area (Å²) in [4.78, 5) is 8.85. The minimum atomic E-state index is 0.241. The highest BCUT2D eigenvalue weighted by Crippen LogP contribution is 2.41. The lowest BCUT2D eigenvalue weighted by Crippen LogP contribution is -1.98. The Labute approximate surface area is 117 Å². The summed E-state index contributed by atoms with van der Waals surface area (Å²) in [6, 6.07) is 6.62. The minimum absolute atomic E-state index is 0.241. The molecule has 3 N–H and O–H groups in total. The van der Waals surface area contributed by atoms with Gasteiger partial charge in [0.25, 0.3) is 0 Å². The summed E-state index contributed by atoms with van der Waals surface area (Å²) in [6.07, 6.45) is 2.36. The molecule has 1 aliphatic rings. The fourth-order valence-corrected chi connectivity index (χ4v) is 2.67. The molecular formula is C12H11BrN6. The van der Waals surface area contributed by atoms with E-state index in [2.05, 4.69) is 46.7 Å². The number of imidazole rings is 1. The van der Waals surface area contributed by atoms with Crippen LogP contribution >= 0.6 is 15.9 Å². The van der Waals surface area contributed by atoms with Gasteiger partial charge in [0.05, 0.1) is 11.0 Å². The maximum absolute atomic E-state index is 5.58. The molecular weight excluding hydrogens is 308 g/mol. The zero-order chi connectivity index (χ0) is 13.0. The second-order valence-electron chi connectivity index (χ2n) is 4.71. The van der Waals surface area contributed by atoms with Crippen LogP contribution in [0.4, 0.5) is 5.95 Å². The predicted octanol–water partition coefficient (Wildman–Crippen LogP) is 2.50. The summed E-state index contributed by atoms with van der Waals surface area (Å²) in [5.74, 6) is 1.67. The third-order valence-electron chi connectivity index (χ3n) is 3.28. The molecule has 0 saturated heterocycles. The molecule has 7 heteroatoms. The van der Waals surface area contributed by atoms with E-state index in [1.54, 1.807) is 0 Å². The minimum Gasteiger partial charge on any atom is -0.366 e. The molecule has 2 aromatic heterocycles. The van der Waals surface area contributed by atoms with Gasteiger partial charge in [0, 0.05) is 10.5 Å². The molecule has 1 aromatic carbocycles. The van der Waals surface area contributed by atoms with Crippen molar-refractivity contribution >= 4 is 32.9 Å². The van der Waals surface area contributed by atoms with Crippen LogP contribution in [0.15, 0.2) is 22.7 Å². The highest BCUT2D eigenvalue weighted by molar-refractivity contribution is 9.10. The summed E-state index contributed by atoms with van der Waals surface area (Å²) in [7, 11) is 0. The first-order valence-electron chi connectivity index (χ1n) is 6.08. The van der Waals surface area contributed by atoms with Crippen LogP contribution in [0.5, 0.6) is 0 Å². The van der Waals surface area contributed by atoms with Gasteiger partial charge in [-0.3, -0.25) is 5.10 Å². The van der Waals surface area contributed by atoms with Gasteiger partial charge in [0.2, 0.25) is 5.95 Å². The number of halogens is 1. The quantitative estimate of drug-likeness (QED) is 0.760. The number of aromatic amines is 1. The molecule has 0 aliphatic heterocycles. The molecule has 0 bridgehead atoms. The normalized spacial score (nSPS) is 15.2. The van der Waals surface area contributed by atoms with Crippen molar-refractivity contribution in [2.24, 2.45) is 0 Å². The first kappa shape index (κ1) is 11.0. The maximum Gasteiger partial charge on any atom is 0.239 e. The van der Waals surface area contributed by atoms with Crippen LogP contribution in [-0.4, -0.2) is 24.7 Å². The van der Waals surface area contributed by atoms with Crippen LogP contribution in [-0.2, 0) is 0 Å². The van der Waals surface area contributed by atoms with Crippen LogP contribution in [0.3, 0.4) is 0 Å². The molecule has 1 fully saturated rings. The molecule has 2 heterocycles. The van der Waals surface area contributed by atoms with E-state index >= 15 is 0 Å². The summed E-state index contributed by atoms with van der Waals surface area (Å²) >= 11 is 3.47. The van der Waals surface area contributed by atoms with Crippen molar-refractivity contribution in [2.45, 2.75) is 18.9 Å². The number of rotatable bonds is 2. The van der Waals surface area contributed by atoms with Crippen molar-refractivity contribution in [1.82, 2.24) is 24.7 Å². The van der Waals surface area contributed by atoms with E-state index in [9.17, 15) is 0 Å². The molecule has 0 atom stereocenters. The van der Waals surface area contributed by atoms with Crippen molar-refractivity contribution in [1.29, 1.82) is 0 Å². The summed E-state index contributed by atoms with van der Waals surface area (Å²) in [6.45, 7) is 0.